The van der Waals surface area contributed by atoms with Crippen LogP contribution in [0.15, 0.2) is 66.3 Å². The van der Waals surface area contributed by atoms with Crippen LogP contribution in [-0.4, -0.2) is 4.99 Å². The van der Waals surface area contributed by atoms with Crippen molar-refractivity contribution in [2.75, 3.05) is 5.32 Å². The van der Waals surface area contributed by atoms with Gasteiger partial charge in [0.15, 0.2) is 17.4 Å². The highest BCUT2D eigenvalue weighted by atomic mass is 32.1. The Bertz CT molecular complexity index is 1100. The van der Waals surface area contributed by atoms with Gasteiger partial charge in [0.2, 0.25) is 5.70 Å². The van der Waals surface area contributed by atoms with Gasteiger partial charge in [-0.15, -0.1) is 11.3 Å². The van der Waals surface area contributed by atoms with Crippen LogP contribution in [0, 0.1) is 0 Å². The molecule has 3 rings (SSSR count). The van der Waals surface area contributed by atoms with Crippen LogP contribution in [-0.2, 0) is 11.6 Å². The van der Waals surface area contributed by atoms with Gasteiger partial charge in [-0.05, 0) is 46.4 Å². The molecule has 1 N–H and O–H groups in total. The number of thiophene rings is 1. The molecular weight excluding hydrogens is 441 g/mol. The minimum Gasteiger partial charge on any atom is -0.867 e. The second-order valence-electron chi connectivity index (χ2n) is 7.93. The van der Waals surface area contributed by atoms with Gasteiger partial charge in [-0.2, -0.15) is 17.7 Å². The Morgan fingerprint density at radius 1 is 1.00 bits per heavy atom. The number of thiocarbonyl (C=S) groups is 1. The molecule has 31 heavy (non-hydrogen) atoms. The molecule has 0 unspecified atom stereocenters. The lowest BCUT2D eigenvalue weighted by molar-refractivity contribution is -0.577. The van der Waals surface area contributed by atoms with E-state index in [4.69, 9.17) is 12.2 Å². The summed E-state index contributed by atoms with van der Waals surface area (Å²) in [5, 5.41) is 17.8. The van der Waals surface area contributed by atoms with Gasteiger partial charge < -0.3 is 10.4 Å². The van der Waals surface area contributed by atoms with Gasteiger partial charge in [0.1, 0.15) is 0 Å². The van der Waals surface area contributed by atoms with Crippen molar-refractivity contribution in [3.05, 3.63) is 82.3 Å². The average molecular weight is 463 g/mol. The summed E-state index contributed by atoms with van der Waals surface area (Å²) in [6.07, 6.45) is -1.00. The fourth-order valence-corrected chi connectivity index (χ4v) is 3.88. The molecule has 0 aliphatic carbocycles. The number of halogens is 3. The van der Waals surface area contributed by atoms with E-state index in [1.54, 1.807) is 34.5 Å². The summed E-state index contributed by atoms with van der Waals surface area (Å²) in [7, 11) is 0. The van der Waals surface area contributed by atoms with E-state index in [0.29, 0.717) is 4.88 Å². The smallest absolute Gasteiger partial charge is 0.416 e. The molecular formula is C23H21F3N2OS2. The highest BCUT2D eigenvalue weighted by Gasteiger charge is 2.30. The topological polar surface area (TPSA) is 39.0 Å². The first-order valence-corrected chi connectivity index (χ1v) is 10.7. The summed E-state index contributed by atoms with van der Waals surface area (Å²) in [6, 6.07) is 11.9. The highest BCUT2D eigenvalue weighted by Crippen LogP contribution is 2.31. The molecule has 0 spiro atoms. The Hall–Kier alpha value is -2.71. The van der Waals surface area contributed by atoms with Crippen molar-refractivity contribution in [3.63, 3.8) is 0 Å². The van der Waals surface area contributed by atoms with Crippen molar-refractivity contribution in [1.82, 2.24) is 0 Å². The van der Waals surface area contributed by atoms with E-state index in [-0.39, 0.29) is 27.5 Å². The van der Waals surface area contributed by atoms with E-state index in [1.165, 1.54) is 23.5 Å². The molecule has 3 aromatic rings. The van der Waals surface area contributed by atoms with Crippen molar-refractivity contribution in [3.8, 4) is 0 Å². The van der Waals surface area contributed by atoms with Crippen LogP contribution < -0.4 is 15.0 Å². The lowest BCUT2D eigenvalue weighted by atomic mass is 9.88. The van der Waals surface area contributed by atoms with E-state index in [9.17, 15) is 18.3 Å². The van der Waals surface area contributed by atoms with Crippen LogP contribution in [0.2, 0.25) is 0 Å². The van der Waals surface area contributed by atoms with Gasteiger partial charge in [-0.1, -0.05) is 45.1 Å². The summed E-state index contributed by atoms with van der Waals surface area (Å²) in [5.74, 6) is -0.312. The number of nitrogens with one attached hydrogen (secondary N) is 1. The molecule has 0 aliphatic rings. The molecule has 1 aromatic carbocycles. The third-order valence-corrected chi connectivity index (χ3v) is 5.74. The molecule has 3 nitrogen and oxygen atoms in total. The molecule has 0 atom stereocenters. The molecule has 0 aliphatic heterocycles. The van der Waals surface area contributed by atoms with E-state index in [2.05, 4.69) is 26.1 Å². The van der Waals surface area contributed by atoms with Crippen LogP contribution in [0.1, 0.15) is 36.8 Å². The number of benzene rings is 1. The fraction of sp³-hybridized carbons (Fsp3) is 0.217. The Balaban J connectivity index is 2.02. The Labute approximate surface area is 188 Å². The zero-order valence-corrected chi connectivity index (χ0v) is 18.8. The largest absolute Gasteiger partial charge is 0.867 e. The molecule has 162 valence electrons. The lowest BCUT2D eigenvalue weighted by Gasteiger charge is -2.19. The van der Waals surface area contributed by atoms with Crippen molar-refractivity contribution >= 4 is 45.7 Å². The predicted molar refractivity (Wildman–Crippen MR) is 120 cm³/mol. The first kappa shape index (κ1) is 23.0. The maximum atomic E-state index is 13.2. The Morgan fingerprint density at radius 2 is 1.68 bits per heavy atom. The van der Waals surface area contributed by atoms with Gasteiger partial charge in [0, 0.05) is 22.7 Å². The lowest BCUT2D eigenvalue weighted by Crippen LogP contribution is -2.40. The molecule has 0 bridgehead atoms. The molecule has 0 fully saturated rings. The van der Waals surface area contributed by atoms with E-state index in [0.717, 1.165) is 17.7 Å². The molecule has 0 radical (unpaired) electrons. The maximum Gasteiger partial charge on any atom is 0.416 e. The highest BCUT2D eigenvalue weighted by molar-refractivity contribution is 7.81. The summed E-state index contributed by atoms with van der Waals surface area (Å²) in [5.41, 5.74) is 0.518. The molecule has 0 saturated carbocycles. The Kier molecular flexibility index (Phi) is 6.52. The zero-order valence-electron chi connectivity index (χ0n) is 17.2. The number of alkyl halides is 3. The number of pyridine rings is 1. The van der Waals surface area contributed by atoms with Crippen molar-refractivity contribution in [2.45, 2.75) is 32.4 Å². The quantitative estimate of drug-likeness (QED) is 0.242. The summed E-state index contributed by atoms with van der Waals surface area (Å²) in [6.45, 7) is 6.23. The molecule has 0 saturated heterocycles. The number of rotatable bonds is 4. The number of nitrogens with zero attached hydrogens (tertiary/aromatic N) is 1. The monoisotopic (exact) mass is 462 g/mol. The minimum absolute atomic E-state index is 0.0335. The number of hydrogen-bond acceptors (Lipinski definition) is 3. The summed E-state index contributed by atoms with van der Waals surface area (Å²) >= 11 is 6.74. The number of hydrogen-bond donors (Lipinski definition) is 1. The SMILES string of the molecule is CC(C)(C)c1cc[n+](C(C(=S)Nc2cccc(C(F)(F)F)c2)=C([O-])c2cccs2)cc1. The minimum atomic E-state index is -4.48. The summed E-state index contributed by atoms with van der Waals surface area (Å²) < 4.78 is 40.8. The van der Waals surface area contributed by atoms with Crippen LogP contribution in [0.25, 0.3) is 11.5 Å². The second-order valence-corrected chi connectivity index (χ2v) is 9.29. The number of aromatic nitrogens is 1. The van der Waals surface area contributed by atoms with Gasteiger partial charge in [-0.3, -0.25) is 0 Å². The van der Waals surface area contributed by atoms with Crippen molar-refractivity contribution in [2.24, 2.45) is 0 Å². The molecule has 2 aromatic heterocycles. The number of anilines is 1. The molecule has 8 heteroatoms. The molecule has 0 amide bonds. The third kappa shape index (κ3) is 5.51. The van der Waals surface area contributed by atoms with Crippen molar-refractivity contribution < 1.29 is 22.8 Å². The third-order valence-electron chi connectivity index (χ3n) is 4.58. The standard InChI is InChI=1S/C23H21F3N2OS2/c1-22(2,3)15-9-11-28(12-10-15)19(20(29)18-8-5-13-31-18)21(30)27-17-7-4-6-16(14-17)23(24,25)26/h4-14H,1-3H3,(H-,27,29,30). The van der Waals surface area contributed by atoms with E-state index >= 15 is 0 Å². The van der Waals surface area contributed by atoms with Gasteiger partial charge in [0.25, 0.3) is 0 Å². The van der Waals surface area contributed by atoms with Gasteiger partial charge >= 0.3 is 6.18 Å². The summed E-state index contributed by atoms with van der Waals surface area (Å²) in [4.78, 5) is 0.516. The predicted octanol–water partition coefficient (Wildman–Crippen LogP) is 5.48. The fourth-order valence-electron chi connectivity index (χ4n) is 2.90. The second kappa shape index (κ2) is 8.80. The van der Waals surface area contributed by atoms with Gasteiger partial charge in [0.05, 0.1) is 5.56 Å². The van der Waals surface area contributed by atoms with Crippen LogP contribution in [0.4, 0.5) is 18.9 Å². The first-order chi connectivity index (χ1) is 14.5. The Morgan fingerprint density at radius 3 is 2.23 bits per heavy atom. The first-order valence-electron chi connectivity index (χ1n) is 9.43. The maximum absolute atomic E-state index is 13.2. The normalized spacial score (nSPS) is 13.0. The van der Waals surface area contributed by atoms with E-state index < -0.39 is 11.7 Å². The van der Waals surface area contributed by atoms with Crippen LogP contribution in [0.5, 0.6) is 0 Å². The zero-order chi connectivity index (χ0) is 22.8. The van der Waals surface area contributed by atoms with Crippen LogP contribution in [0.3, 0.4) is 0 Å². The van der Waals surface area contributed by atoms with E-state index in [1.807, 2.05) is 12.1 Å². The van der Waals surface area contributed by atoms with Crippen molar-refractivity contribution in [1.29, 1.82) is 0 Å². The molecule has 2 heterocycles. The van der Waals surface area contributed by atoms with Crippen LogP contribution >= 0.6 is 23.6 Å². The van der Waals surface area contributed by atoms with Gasteiger partial charge in [-0.25, -0.2) is 0 Å². The average Bonchev–Trinajstić information content (AvgIpc) is 3.22.